The molecule has 2 heterocycles. The van der Waals surface area contributed by atoms with Crippen LogP contribution >= 0.6 is 7.60 Å². The zero-order valence-corrected chi connectivity index (χ0v) is 11.3. The van der Waals surface area contributed by atoms with E-state index in [1.54, 1.807) is 4.57 Å². The number of hydrogen-bond acceptors (Lipinski definition) is 6. The molecule has 1 atom stereocenters. The van der Waals surface area contributed by atoms with E-state index in [2.05, 4.69) is 15.0 Å². The fourth-order valence-electron chi connectivity index (χ4n) is 1.70. The number of fused-ring (bicyclic) bond motifs is 1. The van der Waals surface area contributed by atoms with Gasteiger partial charge in [0.2, 0.25) is 0 Å². The van der Waals surface area contributed by atoms with Crippen LogP contribution in [0.3, 0.4) is 0 Å². The van der Waals surface area contributed by atoms with Crippen molar-refractivity contribution in [3.8, 4) is 0 Å². The lowest BCUT2D eigenvalue weighted by atomic mass is 10.1. The van der Waals surface area contributed by atoms with Crippen LogP contribution in [-0.4, -0.2) is 41.0 Å². The molecule has 0 amide bonds. The monoisotopic (exact) mass is 299 g/mol. The van der Waals surface area contributed by atoms with Crippen LogP contribution in [0.2, 0.25) is 0 Å². The van der Waals surface area contributed by atoms with Gasteiger partial charge in [0, 0.05) is 18.3 Å². The first kappa shape index (κ1) is 14.6. The van der Waals surface area contributed by atoms with E-state index in [4.69, 9.17) is 15.5 Å². The van der Waals surface area contributed by atoms with Crippen molar-refractivity contribution in [3.63, 3.8) is 0 Å². The van der Waals surface area contributed by atoms with Gasteiger partial charge in [-0.2, -0.15) is 0 Å². The number of aliphatic hydroxyl groups excluding tert-OH is 1. The molecule has 10 heteroatoms. The van der Waals surface area contributed by atoms with Crippen molar-refractivity contribution in [1.29, 1.82) is 0 Å². The summed E-state index contributed by atoms with van der Waals surface area (Å²) in [6, 6.07) is 0. The van der Waals surface area contributed by atoms with Crippen molar-refractivity contribution in [2.75, 3.05) is 12.3 Å². The molecule has 0 bridgehead atoms. The van der Waals surface area contributed by atoms with Crippen molar-refractivity contribution < 1.29 is 19.5 Å². The molecule has 0 saturated carbocycles. The Labute approximate surface area is 114 Å². The van der Waals surface area contributed by atoms with E-state index in [1.165, 1.54) is 18.7 Å². The Hall–Kier alpha value is -1.80. The Morgan fingerprint density at radius 3 is 2.80 bits per heavy atom. The van der Waals surface area contributed by atoms with Crippen LogP contribution in [-0.2, 0) is 11.1 Å². The number of nitrogens with two attached hydrogens (primary N) is 1. The minimum absolute atomic E-state index is 0.250. The van der Waals surface area contributed by atoms with Crippen molar-refractivity contribution in [2.45, 2.75) is 6.54 Å². The lowest BCUT2D eigenvalue weighted by Crippen LogP contribution is -2.12. The molecule has 0 fully saturated rings. The van der Waals surface area contributed by atoms with Gasteiger partial charge in [-0.3, -0.25) is 4.57 Å². The maximum atomic E-state index is 10.8. The van der Waals surface area contributed by atoms with E-state index in [9.17, 15) is 9.67 Å². The summed E-state index contributed by atoms with van der Waals surface area (Å²) in [6.45, 7) is -0.00328. The molecule has 0 aromatic carbocycles. The third-order valence-electron chi connectivity index (χ3n) is 2.65. The van der Waals surface area contributed by atoms with Gasteiger partial charge in [0.1, 0.15) is 11.8 Å². The molecule has 0 aliphatic rings. The highest BCUT2D eigenvalue weighted by atomic mass is 31.2. The molecule has 0 aliphatic heterocycles. The average molecular weight is 299 g/mol. The largest absolute Gasteiger partial charge is 0.396 e. The SMILES string of the molecule is Nc1ncnc2c1ncn2CC(C=CP(=O)(O)O)CO. The molecule has 0 saturated heterocycles. The van der Waals surface area contributed by atoms with E-state index in [0.717, 1.165) is 5.82 Å². The molecule has 0 aliphatic carbocycles. The van der Waals surface area contributed by atoms with Crippen molar-refractivity contribution in [2.24, 2.45) is 5.92 Å². The van der Waals surface area contributed by atoms with E-state index < -0.39 is 13.5 Å². The topological polar surface area (TPSA) is 147 Å². The molecule has 20 heavy (non-hydrogen) atoms. The van der Waals surface area contributed by atoms with Gasteiger partial charge < -0.3 is 25.2 Å². The van der Waals surface area contributed by atoms with Crippen LogP contribution in [0, 0.1) is 5.92 Å². The highest BCUT2D eigenvalue weighted by molar-refractivity contribution is 7.55. The third-order valence-corrected chi connectivity index (χ3v) is 3.21. The molecule has 0 spiro atoms. The van der Waals surface area contributed by atoms with Gasteiger partial charge in [0.25, 0.3) is 0 Å². The Bertz CT molecular complexity index is 679. The summed E-state index contributed by atoms with van der Waals surface area (Å²) in [7, 11) is -4.24. The van der Waals surface area contributed by atoms with Crippen LogP contribution in [0.5, 0.6) is 0 Å². The summed E-state index contributed by atoms with van der Waals surface area (Å²) in [6.07, 6.45) is 4.07. The number of anilines is 1. The fourth-order valence-corrected chi connectivity index (χ4v) is 2.17. The zero-order chi connectivity index (χ0) is 14.8. The second-order valence-electron chi connectivity index (χ2n) is 4.20. The quantitative estimate of drug-likeness (QED) is 0.550. The number of aromatic nitrogens is 4. The summed E-state index contributed by atoms with van der Waals surface area (Å²) in [5.41, 5.74) is 6.60. The maximum absolute atomic E-state index is 10.8. The third kappa shape index (κ3) is 3.40. The summed E-state index contributed by atoms with van der Waals surface area (Å²) in [5, 5.41) is 9.25. The predicted molar refractivity (Wildman–Crippen MR) is 71.5 cm³/mol. The van der Waals surface area contributed by atoms with Crippen LogP contribution in [0.1, 0.15) is 0 Å². The maximum Gasteiger partial charge on any atom is 0.348 e. The summed E-state index contributed by atoms with van der Waals surface area (Å²) in [5.74, 6) is 0.548. The molecule has 5 N–H and O–H groups in total. The van der Waals surface area contributed by atoms with Crippen LogP contribution in [0.25, 0.3) is 11.2 Å². The number of imidazole rings is 1. The second kappa shape index (κ2) is 5.68. The van der Waals surface area contributed by atoms with E-state index in [0.29, 0.717) is 11.2 Å². The number of hydrogen-bond donors (Lipinski definition) is 4. The highest BCUT2D eigenvalue weighted by Crippen LogP contribution is 2.36. The number of aliphatic hydroxyl groups is 1. The van der Waals surface area contributed by atoms with E-state index in [-0.39, 0.29) is 19.0 Å². The Morgan fingerprint density at radius 1 is 1.40 bits per heavy atom. The molecule has 9 nitrogen and oxygen atoms in total. The molecule has 2 aromatic heterocycles. The standard InChI is InChI=1S/C10H14N5O4P/c11-9-8-10(13-5-12-9)15(6-14-8)3-7(4-16)1-2-20(17,18)19/h1-2,5-7,16H,3-4H2,(H2,11,12,13)(H2,17,18,19). The second-order valence-corrected chi connectivity index (χ2v) is 5.68. The molecule has 2 aromatic rings. The Balaban J connectivity index is 2.24. The average Bonchev–Trinajstić information content (AvgIpc) is 2.78. The first-order valence-electron chi connectivity index (χ1n) is 5.67. The first-order chi connectivity index (χ1) is 9.40. The van der Waals surface area contributed by atoms with Gasteiger partial charge in [-0.15, -0.1) is 0 Å². The van der Waals surface area contributed by atoms with Crippen molar-refractivity contribution in [3.05, 3.63) is 24.5 Å². The molecule has 108 valence electrons. The first-order valence-corrected chi connectivity index (χ1v) is 7.35. The predicted octanol–water partition coefficient (Wildman–Crippen LogP) is -0.292. The van der Waals surface area contributed by atoms with Gasteiger partial charge in [-0.1, -0.05) is 6.08 Å². The minimum atomic E-state index is -4.24. The van der Waals surface area contributed by atoms with Gasteiger partial charge in [0.05, 0.1) is 12.9 Å². The molecular formula is C10H14N5O4P. The van der Waals surface area contributed by atoms with E-state index in [1.807, 2.05) is 0 Å². The Morgan fingerprint density at radius 2 is 2.15 bits per heavy atom. The lowest BCUT2D eigenvalue weighted by molar-refractivity contribution is 0.240. The summed E-state index contributed by atoms with van der Waals surface area (Å²) >= 11 is 0. The number of nitrogens with zero attached hydrogens (tertiary/aromatic N) is 4. The Kier molecular flexibility index (Phi) is 4.15. The lowest BCUT2D eigenvalue weighted by Gasteiger charge is -2.11. The van der Waals surface area contributed by atoms with E-state index >= 15 is 0 Å². The van der Waals surface area contributed by atoms with Crippen LogP contribution in [0.4, 0.5) is 5.82 Å². The van der Waals surface area contributed by atoms with Crippen LogP contribution in [0.15, 0.2) is 24.5 Å². The molecule has 2 rings (SSSR count). The van der Waals surface area contributed by atoms with Crippen molar-refractivity contribution >= 4 is 24.6 Å². The van der Waals surface area contributed by atoms with Gasteiger partial charge in [-0.25, -0.2) is 15.0 Å². The molecule has 1 unspecified atom stereocenters. The summed E-state index contributed by atoms with van der Waals surface area (Å²) in [4.78, 5) is 29.5. The number of rotatable bonds is 5. The highest BCUT2D eigenvalue weighted by Gasteiger charge is 2.13. The smallest absolute Gasteiger partial charge is 0.348 e. The van der Waals surface area contributed by atoms with Crippen molar-refractivity contribution in [1.82, 2.24) is 19.5 Å². The number of nitrogen functional groups attached to an aromatic ring is 1. The fraction of sp³-hybridized carbons (Fsp3) is 0.300. The summed E-state index contributed by atoms with van der Waals surface area (Å²) < 4.78 is 12.4. The van der Waals surface area contributed by atoms with Gasteiger partial charge >= 0.3 is 7.60 Å². The van der Waals surface area contributed by atoms with Gasteiger partial charge in [-0.05, 0) is 0 Å². The minimum Gasteiger partial charge on any atom is -0.396 e. The van der Waals surface area contributed by atoms with Gasteiger partial charge in [0.15, 0.2) is 11.5 Å². The van der Waals surface area contributed by atoms with Crippen LogP contribution < -0.4 is 5.73 Å². The normalized spacial score (nSPS) is 14.2. The molecular weight excluding hydrogens is 285 g/mol. The zero-order valence-electron chi connectivity index (χ0n) is 10.4. The molecule has 0 radical (unpaired) electrons.